The van der Waals surface area contributed by atoms with E-state index in [0.29, 0.717) is 10.6 Å². The first-order valence-corrected chi connectivity index (χ1v) is 13.1. The number of ether oxygens (including phenoxy) is 1. The van der Waals surface area contributed by atoms with E-state index in [1.165, 1.54) is 22.8 Å². The summed E-state index contributed by atoms with van der Waals surface area (Å²) in [6, 6.07) is 15.1. The molecular weight excluding hydrogens is 460 g/mol. The molecule has 1 aliphatic rings. The van der Waals surface area contributed by atoms with Crippen molar-refractivity contribution in [1.29, 1.82) is 0 Å². The van der Waals surface area contributed by atoms with Gasteiger partial charge in [0, 0.05) is 16.4 Å². The van der Waals surface area contributed by atoms with Crippen molar-refractivity contribution < 1.29 is 22.7 Å². The summed E-state index contributed by atoms with van der Waals surface area (Å²) in [5.74, 6) is -0.807. The van der Waals surface area contributed by atoms with Gasteiger partial charge in [-0.05, 0) is 54.6 Å². The second kappa shape index (κ2) is 10.0. The van der Waals surface area contributed by atoms with Crippen molar-refractivity contribution in [3.63, 3.8) is 0 Å². The zero-order chi connectivity index (χ0) is 23.4. The maximum Gasteiger partial charge on any atom is 0.348 e. The third-order valence-corrected chi connectivity index (χ3v) is 8.83. The predicted octanol–water partition coefficient (Wildman–Crippen LogP) is 4.65. The normalized spacial score (nSPS) is 15.0. The Morgan fingerprint density at radius 2 is 1.79 bits per heavy atom. The Morgan fingerprint density at radius 1 is 1.06 bits per heavy atom. The Balaban J connectivity index is 1.55. The molecule has 1 saturated carbocycles. The molecule has 4 rings (SSSR count). The van der Waals surface area contributed by atoms with Gasteiger partial charge in [-0.15, -0.1) is 11.3 Å². The van der Waals surface area contributed by atoms with Crippen molar-refractivity contribution in [2.75, 3.05) is 19.0 Å². The third-order valence-electron chi connectivity index (χ3n) is 5.82. The fourth-order valence-electron chi connectivity index (χ4n) is 4.17. The van der Waals surface area contributed by atoms with E-state index in [9.17, 15) is 18.0 Å². The van der Waals surface area contributed by atoms with Crippen LogP contribution in [0.2, 0.25) is 0 Å². The van der Waals surface area contributed by atoms with Crippen LogP contribution in [0.5, 0.6) is 0 Å². The molecule has 1 heterocycles. The number of benzene rings is 2. The number of amides is 1. The Kier molecular flexibility index (Phi) is 7.11. The third kappa shape index (κ3) is 5.26. The summed E-state index contributed by atoms with van der Waals surface area (Å²) < 4.78 is 33.8. The van der Waals surface area contributed by atoms with Gasteiger partial charge in [0.15, 0.2) is 0 Å². The monoisotopic (exact) mass is 486 g/mol. The molecule has 1 fully saturated rings. The van der Waals surface area contributed by atoms with E-state index in [1.54, 1.807) is 48.5 Å². The molecule has 0 bridgehead atoms. The summed E-state index contributed by atoms with van der Waals surface area (Å²) in [6.07, 6.45) is 4.47. The molecule has 2 aromatic carbocycles. The molecular formula is C24H26N2O5S2. The van der Waals surface area contributed by atoms with Gasteiger partial charge in [0.1, 0.15) is 4.88 Å². The minimum absolute atomic E-state index is 0.193. The molecule has 174 valence electrons. The van der Waals surface area contributed by atoms with Crippen molar-refractivity contribution in [2.24, 2.45) is 0 Å². The molecule has 0 unspecified atom stereocenters. The summed E-state index contributed by atoms with van der Waals surface area (Å²) in [5.41, 5.74) is 0.544. The molecule has 0 radical (unpaired) electrons. The second-order valence-corrected chi connectivity index (χ2v) is 11.0. The van der Waals surface area contributed by atoms with Crippen molar-refractivity contribution in [1.82, 2.24) is 4.31 Å². The number of hydrogen-bond donors (Lipinski definition) is 1. The summed E-state index contributed by atoms with van der Waals surface area (Å²) in [4.78, 5) is 25.4. The molecule has 3 aromatic rings. The zero-order valence-electron chi connectivity index (χ0n) is 18.3. The highest BCUT2D eigenvalue weighted by Gasteiger charge is 2.33. The lowest BCUT2D eigenvalue weighted by molar-refractivity contribution is -0.116. The van der Waals surface area contributed by atoms with Crippen LogP contribution >= 0.6 is 11.3 Å². The summed E-state index contributed by atoms with van der Waals surface area (Å²) in [5, 5.41) is 3.63. The van der Waals surface area contributed by atoms with E-state index >= 15 is 0 Å². The lowest BCUT2D eigenvalue weighted by Gasteiger charge is -2.33. The minimum Gasteiger partial charge on any atom is -0.465 e. The average molecular weight is 487 g/mol. The van der Waals surface area contributed by atoms with Crippen LogP contribution in [0.4, 0.5) is 5.69 Å². The lowest BCUT2D eigenvalue weighted by atomic mass is 9.95. The molecule has 1 N–H and O–H groups in total. The van der Waals surface area contributed by atoms with Crippen LogP contribution < -0.4 is 5.32 Å². The van der Waals surface area contributed by atoms with Crippen LogP contribution in [-0.4, -0.2) is 44.3 Å². The maximum absolute atomic E-state index is 13.4. The maximum atomic E-state index is 13.4. The number of thiophene rings is 1. The minimum atomic E-state index is -3.81. The van der Waals surface area contributed by atoms with Crippen LogP contribution in [0, 0.1) is 0 Å². The molecule has 9 heteroatoms. The topological polar surface area (TPSA) is 92.8 Å². The van der Waals surface area contributed by atoms with Gasteiger partial charge in [0.25, 0.3) is 0 Å². The molecule has 7 nitrogen and oxygen atoms in total. The number of sulfonamides is 1. The first kappa shape index (κ1) is 23.4. The van der Waals surface area contributed by atoms with E-state index in [-0.39, 0.29) is 17.5 Å². The van der Waals surface area contributed by atoms with Crippen LogP contribution in [-0.2, 0) is 19.6 Å². The van der Waals surface area contributed by atoms with Gasteiger partial charge in [-0.1, -0.05) is 37.5 Å². The molecule has 33 heavy (non-hydrogen) atoms. The number of rotatable bonds is 7. The van der Waals surface area contributed by atoms with Crippen LogP contribution in [0.25, 0.3) is 10.1 Å². The van der Waals surface area contributed by atoms with E-state index in [2.05, 4.69) is 5.32 Å². The van der Waals surface area contributed by atoms with Gasteiger partial charge < -0.3 is 10.1 Å². The highest BCUT2D eigenvalue weighted by molar-refractivity contribution is 7.89. The number of esters is 1. The number of hydrogen-bond acceptors (Lipinski definition) is 6. The Labute approximate surface area is 197 Å². The number of anilines is 1. The molecule has 1 amide bonds. The standard InChI is InChI=1S/C24H26N2O5S2/c1-31-24(28)22-15-17-14-18(12-13-21(17)32-22)25-23(27)16-26(19-8-4-2-5-9-19)33(29,30)20-10-6-3-7-11-20/h3,6-7,10-15,19H,2,4-5,8-9,16H2,1H3,(H,25,27). The smallest absolute Gasteiger partial charge is 0.348 e. The Bertz CT molecular complexity index is 1250. The number of methoxy groups -OCH3 is 1. The summed E-state index contributed by atoms with van der Waals surface area (Å²) >= 11 is 1.31. The highest BCUT2D eigenvalue weighted by Crippen LogP contribution is 2.30. The fraction of sp³-hybridized carbons (Fsp3) is 0.333. The number of nitrogens with zero attached hydrogens (tertiary/aromatic N) is 1. The molecule has 0 spiro atoms. The van der Waals surface area contributed by atoms with Crippen LogP contribution in [0.3, 0.4) is 0 Å². The van der Waals surface area contributed by atoms with Gasteiger partial charge >= 0.3 is 5.97 Å². The first-order chi connectivity index (χ1) is 15.9. The van der Waals surface area contributed by atoms with Gasteiger partial charge in [-0.25, -0.2) is 13.2 Å². The van der Waals surface area contributed by atoms with Crippen LogP contribution in [0.1, 0.15) is 41.8 Å². The lowest BCUT2D eigenvalue weighted by Crippen LogP contribution is -2.45. The van der Waals surface area contributed by atoms with Crippen LogP contribution in [0.15, 0.2) is 59.5 Å². The fourth-order valence-corrected chi connectivity index (χ4v) is 6.80. The van der Waals surface area contributed by atoms with Crippen molar-refractivity contribution in [3.05, 3.63) is 59.5 Å². The Morgan fingerprint density at radius 3 is 2.48 bits per heavy atom. The number of nitrogens with one attached hydrogen (secondary N) is 1. The van der Waals surface area contributed by atoms with Gasteiger partial charge in [0.05, 0.1) is 18.6 Å². The number of carbonyl (C=O) groups is 2. The van der Waals surface area contributed by atoms with Crippen molar-refractivity contribution >= 4 is 49.0 Å². The van der Waals surface area contributed by atoms with E-state index < -0.39 is 21.9 Å². The number of fused-ring (bicyclic) bond motifs is 1. The predicted molar refractivity (Wildman–Crippen MR) is 129 cm³/mol. The van der Waals surface area contributed by atoms with Gasteiger partial charge in [0.2, 0.25) is 15.9 Å². The average Bonchev–Trinajstić information content (AvgIpc) is 3.26. The van der Waals surface area contributed by atoms with Crippen molar-refractivity contribution in [2.45, 2.75) is 43.0 Å². The van der Waals surface area contributed by atoms with Gasteiger partial charge in [-0.2, -0.15) is 4.31 Å². The highest BCUT2D eigenvalue weighted by atomic mass is 32.2. The second-order valence-electron chi connectivity index (χ2n) is 8.06. The summed E-state index contributed by atoms with van der Waals surface area (Å²) in [7, 11) is -2.48. The zero-order valence-corrected chi connectivity index (χ0v) is 20.0. The van der Waals surface area contributed by atoms with Gasteiger partial charge in [-0.3, -0.25) is 4.79 Å². The van der Waals surface area contributed by atoms with Crippen molar-refractivity contribution in [3.8, 4) is 0 Å². The number of carbonyl (C=O) groups excluding carboxylic acids is 2. The SMILES string of the molecule is COC(=O)c1cc2cc(NC(=O)CN(C3CCCCC3)S(=O)(=O)c3ccccc3)ccc2s1. The molecule has 1 aromatic heterocycles. The Hall–Kier alpha value is -2.75. The van der Waals surface area contributed by atoms with E-state index in [0.717, 1.165) is 42.2 Å². The molecule has 0 aliphatic heterocycles. The van der Waals surface area contributed by atoms with E-state index in [1.807, 2.05) is 6.07 Å². The van der Waals surface area contributed by atoms with E-state index in [4.69, 9.17) is 4.74 Å². The largest absolute Gasteiger partial charge is 0.465 e. The molecule has 1 aliphatic carbocycles. The first-order valence-electron chi connectivity index (χ1n) is 10.9. The molecule has 0 saturated heterocycles. The summed E-state index contributed by atoms with van der Waals surface area (Å²) in [6.45, 7) is -0.253. The quantitative estimate of drug-likeness (QED) is 0.491. The molecule has 0 atom stereocenters.